The van der Waals surface area contributed by atoms with Crippen molar-refractivity contribution >= 4 is 27.3 Å². The van der Waals surface area contributed by atoms with Gasteiger partial charge in [0.25, 0.3) is 0 Å². The number of hydrogen-bond acceptors (Lipinski definition) is 3. The van der Waals surface area contributed by atoms with Crippen LogP contribution in [-0.4, -0.2) is 17.8 Å². The number of hydrogen-bond donors (Lipinski definition) is 0. The van der Waals surface area contributed by atoms with Gasteiger partial charge in [-0.25, -0.2) is 4.99 Å². The van der Waals surface area contributed by atoms with Crippen LogP contribution in [0.3, 0.4) is 0 Å². The standard InChI is InChI=1S/C22H23BrN2O.C2H6/c1-15-21(20(16(2)26-3)19(23)14-24-15)25-22(17-10-6-4-7-11-17)18-12-8-5-9-13-18;1-2/h4,6-8,10-14,16H,5,9H2,1-3H3;1-2H3. The van der Waals surface area contributed by atoms with Gasteiger partial charge in [-0.1, -0.05) is 62.4 Å². The van der Waals surface area contributed by atoms with Crippen molar-refractivity contribution in [2.75, 3.05) is 7.11 Å². The molecule has 1 heterocycles. The molecule has 0 bridgehead atoms. The highest BCUT2D eigenvalue weighted by Crippen LogP contribution is 2.36. The zero-order valence-electron chi connectivity index (χ0n) is 17.4. The molecule has 3 rings (SSSR count). The topological polar surface area (TPSA) is 34.5 Å². The minimum absolute atomic E-state index is 0.0854. The van der Waals surface area contributed by atoms with Gasteiger partial charge in [0, 0.05) is 28.9 Å². The molecule has 0 saturated carbocycles. The van der Waals surface area contributed by atoms with E-state index in [1.54, 1.807) is 7.11 Å². The van der Waals surface area contributed by atoms with E-state index in [4.69, 9.17) is 9.73 Å². The van der Waals surface area contributed by atoms with Crippen LogP contribution in [0, 0.1) is 6.92 Å². The molecular weight excluding hydrogens is 412 g/mol. The van der Waals surface area contributed by atoms with Crippen LogP contribution in [0.4, 0.5) is 5.69 Å². The molecule has 0 amide bonds. The molecule has 28 heavy (non-hydrogen) atoms. The summed E-state index contributed by atoms with van der Waals surface area (Å²) < 4.78 is 6.50. The van der Waals surface area contributed by atoms with E-state index in [0.717, 1.165) is 51.1 Å². The van der Waals surface area contributed by atoms with Crippen molar-refractivity contribution < 1.29 is 4.74 Å². The van der Waals surface area contributed by atoms with Crippen LogP contribution < -0.4 is 0 Å². The van der Waals surface area contributed by atoms with Crippen LogP contribution in [0.1, 0.15) is 56.5 Å². The van der Waals surface area contributed by atoms with E-state index >= 15 is 0 Å². The number of allylic oxidation sites excluding steroid dienone is 4. The van der Waals surface area contributed by atoms with Gasteiger partial charge in [0.15, 0.2) is 0 Å². The molecule has 1 atom stereocenters. The van der Waals surface area contributed by atoms with Gasteiger partial charge in [0.05, 0.1) is 23.2 Å². The fraction of sp³-hybridized carbons (Fsp3) is 0.333. The van der Waals surface area contributed by atoms with Gasteiger partial charge in [-0.2, -0.15) is 0 Å². The Bertz CT molecular complexity index is 870. The Kier molecular flexibility index (Phi) is 8.81. The number of nitrogens with zero attached hydrogens (tertiary/aromatic N) is 2. The molecule has 0 aliphatic heterocycles. The summed E-state index contributed by atoms with van der Waals surface area (Å²) in [6.07, 6.45) is 10.5. The first-order chi connectivity index (χ1) is 13.6. The number of rotatable bonds is 5. The summed E-state index contributed by atoms with van der Waals surface area (Å²) in [5.41, 5.74) is 6.00. The monoisotopic (exact) mass is 440 g/mol. The second-order valence-electron chi connectivity index (χ2n) is 6.30. The molecule has 0 spiro atoms. The second kappa shape index (κ2) is 11.1. The lowest BCUT2D eigenvalue weighted by molar-refractivity contribution is 0.119. The number of aryl methyl sites for hydroxylation is 1. The van der Waals surface area contributed by atoms with Gasteiger partial charge in [0.2, 0.25) is 0 Å². The molecule has 1 unspecified atom stereocenters. The van der Waals surface area contributed by atoms with Crippen LogP contribution >= 0.6 is 15.9 Å². The summed E-state index contributed by atoms with van der Waals surface area (Å²) in [6.45, 7) is 8.02. The summed E-state index contributed by atoms with van der Waals surface area (Å²) in [5, 5.41) is 0. The van der Waals surface area contributed by atoms with Gasteiger partial charge >= 0.3 is 0 Å². The SMILES string of the molecule is CC.COC(C)c1c(Br)cnc(C)c1N=C(C1=CCCC=C1)c1ccccc1. The third-order valence-electron chi connectivity index (χ3n) is 4.53. The second-order valence-corrected chi connectivity index (χ2v) is 7.15. The fourth-order valence-corrected chi connectivity index (χ4v) is 3.64. The maximum Gasteiger partial charge on any atom is 0.0919 e. The molecule has 1 aliphatic rings. The van der Waals surface area contributed by atoms with E-state index in [1.165, 1.54) is 0 Å². The molecule has 0 saturated heterocycles. The Morgan fingerprint density at radius 3 is 2.50 bits per heavy atom. The highest BCUT2D eigenvalue weighted by Gasteiger charge is 2.19. The van der Waals surface area contributed by atoms with Crippen molar-refractivity contribution in [3.63, 3.8) is 0 Å². The summed E-state index contributed by atoms with van der Waals surface area (Å²) in [6, 6.07) is 10.3. The van der Waals surface area contributed by atoms with E-state index in [9.17, 15) is 0 Å². The van der Waals surface area contributed by atoms with Crippen LogP contribution in [0.15, 0.2) is 69.8 Å². The Labute approximate surface area is 177 Å². The average Bonchev–Trinajstić information content (AvgIpc) is 2.76. The van der Waals surface area contributed by atoms with Gasteiger partial charge in [-0.05, 0) is 48.2 Å². The van der Waals surface area contributed by atoms with Crippen molar-refractivity contribution in [3.8, 4) is 0 Å². The van der Waals surface area contributed by atoms with E-state index < -0.39 is 0 Å². The van der Waals surface area contributed by atoms with Gasteiger partial charge in [0.1, 0.15) is 0 Å². The summed E-state index contributed by atoms with van der Waals surface area (Å²) >= 11 is 3.62. The lowest BCUT2D eigenvalue weighted by atomic mass is 9.97. The molecule has 0 N–H and O–H groups in total. The van der Waals surface area contributed by atoms with Crippen LogP contribution in [-0.2, 0) is 4.74 Å². The smallest absolute Gasteiger partial charge is 0.0919 e. The van der Waals surface area contributed by atoms with E-state index in [1.807, 2.05) is 52.1 Å². The van der Waals surface area contributed by atoms with E-state index in [2.05, 4.69) is 51.3 Å². The average molecular weight is 441 g/mol. The molecule has 4 heteroatoms. The van der Waals surface area contributed by atoms with Gasteiger partial charge in [-0.3, -0.25) is 4.98 Å². The number of aliphatic imine (C=N–C) groups is 1. The largest absolute Gasteiger partial charge is 0.377 e. The fourth-order valence-electron chi connectivity index (χ4n) is 3.03. The third-order valence-corrected chi connectivity index (χ3v) is 5.16. The van der Waals surface area contributed by atoms with Gasteiger partial charge < -0.3 is 4.74 Å². The number of benzene rings is 1. The van der Waals surface area contributed by atoms with Gasteiger partial charge in [-0.15, -0.1) is 0 Å². The minimum atomic E-state index is -0.0854. The van der Waals surface area contributed by atoms with E-state index in [0.29, 0.717) is 0 Å². The third kappa shape index (κ3) is 5.27. The van der Waals surface area contributed by atoms with Crippen molar-refractivity contribution in [2.45, 2.75) is 46.6 Å². The van der Waals surface area contributed by atoms with Crippen molar-refractivity contribution in [1.29, 1.82) is 0 Å². The lowest BCUT2D eigenvalue weighted by Gasteiger charge is -2.18. The van der Waals surface area contributed by atoms with Crippen molar-refractivity contribution in [1.82, 2.24) is 4.98 Å². The van der Waals surface area contributed by atoms with Crippen molar-refractivity contribution in [3.05, 3.63) is 81.6 Å². The number of ether oxygens (including phenoxy) is 1. The van der Waals surface area contributed by atoms with Crippen LogP contribution in [0.2, 0.25) is 0 Å². The normalized spacial score (nSPS) is 14.8. The molecular formula is C24H29BrN2O. The van der Waals surface area contributed by atoms with Crippen LogP contribution in [0.25, 0.3) is 0 Å². The number of pyridine rings is 1. The first kappa shape index (κ1) is 22.3. The highest BCUT2D eigenvalue weighted by molar-refractivity contribution is 9.10. The Hall–Kier alpha value is -2.04. The van der Waals surface area contributed by atoms with Crippen LogP contribution in [0.5, 0.6) is 0 Å². The minimum Gasteiger partial charge on any atom is -0.377 e. The number of halogens is 1. The molecule has 1 aromatic heterocycles. The summed E-state index contributed by atoms with van der Waals surface area (Å²) in [5.74, 6) is 0. The Morgan fingerprint density at radius 1 is 1.18 bits per heavy atom. The molecule has 148 valence electrons. The Morgan fingerprint density at radius 2 is 1.89 bits per heavy atom. The highest BCUT2D eigenvalue weighted by atomic mass is 79.9. The molecule has 1 aromatic carbocycles. The predicted molar refractivity (Wildman–Crippen MR) is 123 cm³/mol. The zero-order valence-corrected chi connectivity index (χ0v) is 19.0. The summed E-state index contributed by atoms with van der Waals surface area (Å²) in [4.78, 5) is 9.61. The Balaban J connectivity index is 0.00000136. The molecule has 0 radical (unpaired) electrons. The maximum atomic E-state index is 5.59. The molecule has 0 fully saturated rings. The van der Waals surface area contributed by atoms with Crippen molar-refractivity contribution in [2.24, 2.45) is 4.99 Å². The number of methoxy groups -OCH3 is 1. The molecule has 1 aliphatic carbocycles. The first-order valence-corrected chi connectivity index (χ1v) is 10.6. The molecule has 2 aromatic rings. The lowest BCUT2D eigenvalue weighted by Crippen LogP contribution is -2.07. The molecule has 3 nitrogen and oxygen atoms in total. The first-order valence-electron chi connectivity index (χ1n) is 9.80. The number of aromatic nitrogens is 1. The predicted octanol–water partition coefficient (Wildman–Crippen LogP) is 7.28. The summed E-state index contributed by atoms with van der Waals surface area (Å²) in [7, 11) is 1.71. The zero-order chi connectivity index (χ0) is 20.5. The quantitative estimate of drug-likeness (QED) is 0.457. The van der Waals surface area contributed by atoms with E-state index in [-0.39, 0.29) is 6.10 Å². The maximum absolute atomic E-state index is 5.59.